The van der Waals surface area contributed by atoms with Crippen LogP contribution in [0.5, 0.6) is 0 Å². The first-order valence-electron chi connectivity index (χ1n) is 11.9. The highest BCUT2D eigenvalue weighted by Gasteiger charge is 2.35. The number of unbranched alkanes of at least 4 members (excludes halogenated alkanes) is 1. The van der Waals surface area contributed by atoms with Crippen molar-refractivity contribution in [2.24, 2.45) is 0 Å². The summed E-state index contributed by atoms with van der Waals surface area (Å²) in [6.45, 7) is 6.93. The van der Waals surface area contributed by atoms with Gasteiger partial charge in [0.15, 0.2) is 12.4 Å². The molecule has 0 N–H and O–H groups in total. The van der Waals surface area contributed by atoms with E-state index in [9.17, 15) is 0 Å². The van der Waals surface area contributed by atoms with Crippen molar-refractivity contribution in [2.75, 3.05) is 0 Å². The Kier molecular flexibility index (Phi) is 5.14. The van der Waals surface area contributed by atoms with Gasteiger partial charge in [0.25, 0.3) is 0 Å². The number of aryl methyl sites for hydroxylation is 1. The first-order valence-corrected chi connectivity index (χ1v) is 11.9. The summed E-state index contributed by atoms with van der Waals surface area (Å²) in [4.78, 5) is 0. The number of pyridine rings is 1. The average molecular weight is 407 g/mol. The zero-order valence-electron chi connectivity index (χ0n) is 19.0. The fraction of sp³-hybridized carbons (Fsp3) is 0.300. The number of hydrogen-bond acceptors (Lipinski definition) is 0. The summed E-state index contributed by atoms with van der Waals surface area (Å²) < 4.78 is 2.35. The minimum absolute atomic E-state index is 0.0531. The second kappa shape index (κ2) is 7.96. The van der Waals surface area contributed by atoms with E-state index in [1.165, 1.54) is 56.8 Å². The molecule has 0 radical (unpaired) electrons. The molecule has 4 aromatic rings. The Bertz CT molecular complexity index is 1290. The van der Waals surface area contributed by atoms with Gasteiger partial charge in [-0.3, -0.25) is 0 Å². The topological polar surface area (TPSA) is 3.88 Å². The summed E-state index contributed by atoms with van der Waals surface area (Å²) in [5, 5.41) is 5.41. The van der Waals surface area contributed by atoms with E-state index in [0.29, 0.717) is 0 Å². The van der Waals surface area contributed by atoms with Crippen molar-refractivity contribution in [3.8, 4) is 11.3 Å². The maximum absolute atomic E-state index is 2.46. The first kappa shape index (κ1) is 20.0. The van der Waals surface area contributed by atoms with E-state index in [-0.39, 0.29) is 5.41 Å². The quantitative estimate of drug-likeness (QED) is 0.297. The van der Waals surface area contributed by atoms with Crippen molar-refractivity contribution in [3.63, 3.8) is 0 Å². The molecule has 1 heteroatoms. The van der Waals surface area contributed by atoms with Crippen LogP contribution < -0.4 is 4.57 Å². The first-order chi connectivity index (χ1) is 15.2. The lowest BCUT2D eigenvalue weighted by molar-refractivity contribution is -0.554. The molecule has 5 rings (SSSR count). The van der Waals surface area contributed by atoms with Crippen LogP contribution in [0.4, 0.5) is 0 Å². The van der Waals surface area contributed by atoms with Gasteiger partial charge in [-0.05, 0) is 77.2 Å². The lowest BCUT2D eigenvalue weighted by Crippen LogP contribution is -2.28. The van der Waals surface area contributed by atoms with E-state index in [1.54, 1.807) is 0 Å². The summed E-state index contributed by atoms with van der Waals surface area (Å²) in [5.41, 5.74) is 5.69. The van der Waals surface area contributed by atoms with Crippen LogP contribution in [0.15, 0.2) is 72.9 Å². The van der Waals surface area contributed by atoms with Crippen molar-refractivity contribution >= 4 is 27.7 Å². The number of benzene rings is 3. The van der Waals surface area contributed by atoms with Crippen LogP contribution in [0.1, 0.15) is 57.6 Å². The molecule has 2 heterocycles. The summed E-state index contributed by atoms with van der Waals surface area (Å²) in [5.74, 6) is 0. The van der Waals surface area contributed by atoms with E-state index in [1.807, 2.05) is 0 Å². The molecule has 1 aliphatic rings. The molecule has 1 aliphatic heterocycles. The minimum atomic E-state index is 0.0531. The molecule has 0 unspecified atom stereocenters. The van der Waals surface area contributed by atoms with Gasteiger partial charge in [0.05, 0.1) is 10.9 Å². The molecule has 1 aromatic heterocycles. The van der Waals surface area contributed by atoms with Crippen LogP contribution in [0, 0.1) is 0 Å². The summed E-state index contributed by atoms with van der Waals surface area (Å²) in [6, 6.07) is 22.9. The Morgan fingerprint density at radius 1 is 0.806 bits per heavy atom. The molecule has 0 atom stereocenters. The van der Waals surface area contributed by atoms with Gasteiger partial charge in [-0.1, -0.05) is 63.6 Å². The number of hydrogen-bond donors (Lipinski definition) is 0. The summed E-state index contributed by atoms with van der Waals surface area (Å²) >= 11 is 0. The zero-order chi connectivity index (χ0) is 21.4. The second-order valence-corrected chi connectivity index (χ2v) is 8.98. The van der Waals surface area contributed by atoms with Crippen molar-refractivity contribution in [3.05, 3.63) is 84.1 Å². The molecule has 0 saturated carbocycles. The third-order valence-electron chi connectivity index (χ3n) is 7.40. The number of rotatable bonds is 5. The van der Waals surface area contributed by atoms with Crippen molar-refractivity contribution in [1.29, 1.82) is 0 Å². The smallest absolute Gasteiger partial charge is 0.166 e. The van der Waals surface area contributed by atoms with Gasteiger partial charge in [-0.2, -0.15) is 4.57 Å². The standard InChI is InChI=1S/C30H32N/c1-4-7-11-22-14-10-15-26-25(22)16-18-31-19-17-30(5-2,6-3)28-21-24-13-9-8-12-23(24)20-27(28)29(26)31/h8-10,12-21H,4-7,11H2,1-3H3/q+1. The van der Waals surface area contributed by atoms with Gasteiger partial charge in [0.2, 0.25) is 5.69 Å². The molecular weight excluding hydrogens is 374 g/mol. The van der Waals surface area contributed by atoms with E-state index in [4.69, 9.17) is 0 Å². The van der Waals surface area contributed by atoms with Crippen molar-refractivity contribution in [1.82, 2.24) is 0 Å². The number of fused-ring (bicyclic) bond motifs is 6. The minimum Gasteiger partial charge on any atom is -0.166 e. The summed E-state index contributed by atoms with van der Waals surface area (Å²) in [7, 11) is 0. The van der Waals surface area contributed by atoms with Crippen LogP contribution in [-0.4, -0.2) is 0 Å². The van der Waals surface area contributed by atoms with E-state index < -0.39 is 0 Å². The van der Waals surface area contributed by atoms with Gasteiger partial charge in [0.1, 0.15) is 0 Å². The van der Waals surface area contributed by atoms with E-state index in [0.717, 1.165) is 19.3 Å². The zero-order valence-corrected chi connectivity index (χ0v) is 19.0. The third kappa shape index (κ3) is 3.19. The van der Waals surface area contributed by atoms with E-state index >= 15 is 0 Å². The molecule has 1 nitrogen and oxygen atoms in total. The van der Waals surface area contributed by atoms with Crippen LogP contribution in [-0.2, 0) is 11.8 Å². The van der Waals surface area contributed by atoms with Gasteiger partial charge in [-0.25, -0.2) is 0 Å². The molecule has 0 amide bonds. The predicted molar refractivity (Wildman–Crippen MR) is 133 cm³/mol. The van der Waals surface area contributed by atoms with Crippen LogP contribution in [0.2, 0.25) is 0 Å². The molecule has 0 bridgehead atoms. The number of aromatic nitrogens is 1. The predicted octanol–water partition coefficient (Wildman–Crippen LogP) is 7.83. The maximum atomic E-state index is 2.46. The molecule has 0 fully saturated rings. The Morgan fingerprint density at radius 2 is 1.58 bits per heavy atom. The van der Waals surface area contributed by atoms with Crippen molar-refractivity contribution in [2.45, 2.75) is 58.3 Å². The van der Waals surface area contributed by atoms with Gasteiger partial charge in [0, 0.05) is 11.5 Å². The largest absolute Gasteiger partial charge is 0.226 e. The van der Waals surface area contributed by atoms with Gasteiger partial charge >= 0.3 is 0 Å². The molecule has 0 saturated heterocycles. The second-order valence-electron chi connectivity index (χ2n) is 8.98. The molecule has 156 valence electrons. The highest BCUT2D eigenvalue weighted by atomic mass is 14.9. The lowest BCUT2D eigenvalue weighted by Gasteiger charge is -2.29. The number of nitrogens with zero attached hydrogens (tertiary/aromatic N) is 1. The van der Waals surface area contributed by atoms with Gasteiger partial charge in [-0.15, -0.1) is 0 Å². The Morgan fingerprint density at radius 3 is 2.32 bits per heavy atom. The van der Waals surface area contributed by atoms with Crippen molar-refractivity contribution < 1.29 is 4.57 Å². The van der Waals surface area contributed by atoms with Crippen LogP contribution in [0.25, 0.3) is 39.0 Å². The Hall–Kier alpha value is -2.93. The molecule has 31 heavy (non-hydrogen) atoms. The van der Waals surface area contributed by atoms with Crippen LogP contribution >= 0.6 is 0 Å². The average Bonchev–Trinajstić information content (AvgIpc) is 2.96. The molecule has 3 aromatic carbocycles. The highest BCUT2D eigenvalue weighted by Crippen LogP contribution is 2.44. The highest BCUT2D eigenvalue weighted by molar-refractivity contribution is 5.99. The van der Waals surface area contributed by atoms with E-state index in [2.05, 4.69) is 104 Å². The number of allylic oxidation sites excluding steroid dienone is 1. The molecule has 0 aliphatic carbocycles. The fourth-order valence-corrected chi connectivity index (χ4v) is 5.41. The fourth-order valence-electron chi connectivity index (χ4n) is 5.41. The normalized spacial score (nSPS) is 14.4. The summed E-state index contributed by atoms with van der Waals surface area (Å²) in [6.07, 6.45) is 12.8. The molecule has 0 spiro atoms. The SMILES string of the molecule is CCCCc1cccc2c3[n+](ccc12)C=CC(CC)(CC)c1cc2ccccc2cc1-3. The van der Waals surface area contributed by atoms with Crippen LogP contribution in [0.3, 0.4) is 0 Å². The maximum Gasteiger partial charge on any atom is 0.226 e. The Labute approximate surface area is 186 Å². The van der Waals surface area contributed by atoms with Gasteiger partial charge < -0.3 is 0 Å². The monoisotopic (exact) mass is 406 g/mol. The third-order valence-corrected chi connectivity index (χ3v) is 7.40. The Balaban J connectivity index is 1.88. The lowest BCUT2D eigenvalue weighted by atomic mass is 9.73. The molecular formula is C30H32N+.